The first-order valence-electron chi connectivity index (χ1n) is 5.39. The van der Waals surface area contributed by atoms with Crippen LogP contribution in [-0.2, 0) is 0 Å². The summed E-state index contributed by atoms with van der Waals surface area (Å²) in [7, 11) is 0. The molecule has 17 heavy (non-hydrogen) atoms. The van der Waals surface area contributed by atoms with E-state index in [0.29, 0.717) is 15.6 Å². The molecule has 0 aliphatic heterocycles. The van der Waals surface area contributed by atoms with Gasteiger partial charge in [-0.05, 0) is 31.0 Å². The van der Waals surface area contributed by atoms with Crippen LogP contribution >= 0.6 is 23.2 Å². The van der Waals surface area contributed by atoms with Gasteiger partial charge in [-0.25, -0.2) is 5.43 Å². The minimum absolute atomic E-state index is 0.319. The molecule has 1 N–H and O–H groups in total. The lowest BCUT2D eigenvalue weighted by Gasteiger charge is -2.04. The molecule has 0 unspecified atom stereocenters. The quantitative estimate of drug-likeness (QED) is 0.656. The maximum Gasteiger partial charge on any atom is 0.272 e. The van der Waals surface area contributed by atoms with Crippen LogP contribution in [0, 0.1) is 0 Å². The molecule has 1 aromatic rings. The summed E-state index contributed by atoms with van der Waals surface area (Å²) in [5.41, 5.74) is 3.78. The van der Waals surface area contributed by atoms with Crippen molar-refractivity contribution in [1.82, 2.24) is 5.43 Å². The number of hydrazone groups is 1. The van der Waals surface area contributed by atoms with Crippen molar-refractivity contribution in [3.05, 3.63) is 33.8 Å². The summed E-state index contributed by atoms with van der Waals surface area (Å²) >= 11 is 11.7. The maximum absolute atomic E-state index is 11.8. The second-order valence-corrected chi connectivity index (χ2v) is 4.29. The normalized spacial score (nSPS) is 9.88. The van der Waals surface area contributed by atoms with Gasteiger partial charge in [-0.15, -0.1) is 0 Å². The summed E-state index contributed by atoms with van der Waals surface area (Å²) in [6, 6.07) is 4.72. The minimum atomic E-state index is -0.328. The van der Waals surface area contributed by atoms with Gasteiger partial charge in [0.2, 0.25) is 0 Å². The van der Waals surface area contributed by atoms with Crippen LogP contribution < -0.4 is 5.43 Å². The van der Waals surface area contributed by atoms with Crippen LogP contribution in [0.2, 0.25) is 10.0 Å². The summed E-state index contributed by atoms with van der Waals surface area (Å²) in [5.74, 6) is -0.328. The van der Waals surface area contributed by atoms with E-state index in [1.54, 1.807) is 12.1 Å². The second kappa shape index (κ2) is 6.62. The molecule has 3 nitrogen and oxygen atoms in total. The highest BCUT2D eigenvalue weighted by Crippen LogP contribution is 2.20. The minimum Gasteiger partial charge on any atom is -0.267 e. The smallest absolute Gasteiger partial charge is 0.267 e. The fourth-order valence-corrected chi connectivity index (χ4v) is 1.77. The van der Waals surface area contributed by atoms with Gasteiger partial charge < -0.3 is 0 Å². The van der Waals surface area contributed by atoms with Crippen molar-refractivity contribution in [3.63, 3.8) is 0 Å². The Hall–Kier alpha value is -1.06. The third kappa shape index (κ3) is 4.02. The van der Waals surface area contributed by atoms with Crippen molar-refractivity contribution in [1.29, 1.82) is 0 Å². The van der Waals surface area contributed by atoms with Gasteiger partial charge in [-0.3, -0.25) is 4.79 Å². The molecule has 92 valence electrons. The zero-order valence-corrected chi connectivity index (χ0v) is 11.3. The van der Waals surface area contributed by atoms with Gasteiger partial charge in [0.25, 0.3) is 5.91 Å². The number of carbonyl (C=O) groups is 1. The van der Waals surface area contributed by atoms with Crippen LogP contribution in [0.3, 0.4) is 0 Å². The third-order valence-electron chi connectivity index (χ3n) is 2.31. The number of rotatable bonds is 4. The van der Waals surface area contributed by atoms with Gasteiger partial charge in [0, 0.05) is 10.7 Å². The maximum atomic E-state index is 11.8. The van der Waals surface area contributed by atoms with Crippen LogP contribution in [0.5, 0.6) is 0 Å². The van der Waals surface area contributed by atoms with Crippen LogP contribution in [0.25, 0.3) is 0 Å². The molecule has 0 radical (unpaired) electrons. The molecule has 0 saturated carbocycles. The van der Waals surface area contributed by atoms with Crippen molar-refractivity contribution < 1.29 is 4.79 Å². The fourth-order valence-electron chi connectivity index (χ4n) is 1.27. The number of hydrogen-bond donors (Lipinski definition) is 1. The van der Waals surface area contributed by atoms with Crippen molar-refractivity contribution in [3.8, 4) is 0 Å². The second-order valence-electron chi connectivity index (χ2n) is 3.45. The Kier molecular flexibility index (Phi) is 5.45. The molecule has 0 atom stereocenters. The average molecular weight is 273 g/mol. The SMILES string of the molecule is CCC(CC)=NNC(=O)c1ccc(Cl)cc1Cl. The molecule has 1 aromatic carbocycles. The molecular weight excluding hydrogens is 259 g/mol. The highest BCUT2D eigenvalue weighted by molar-refractivity contribution is 6.36. The predicted molar refractivity (Wildman–Crippen MR) is 71.9 cm³/mol. The molecule has 0 heterocycles. The van der Waals surface area contributed by atoms with E-state index in [2.05, 4.69) is 10.5 Å². The molecule has 0 aromatic heterocycles. The van der Waals surface area contributed by atoms with E-state index < -0.39 is 0 Å². The van der Waals surface area contributed by atoms with Crippen molar-refractivity contribution in [2.24, 2.45) is 5.10 Å². The molecule has 1 rings (SSSR count). The van der Waals surface area contributed by atoms with Crippen LogP contribution in [0.1, 0.15) is 37.0 Å². The van der Waals surface area contributed by atoms with Gasteiger partial charge in [-0.1, -0.05) is 37.0 Å². The highest BCUT2D eigenvalue weighted by atomic mass is 35.5. The first-order chi connectivity index (χ1) is 8.08. The summed E-state index contributed by atoms with van der Waals surface area (Å²) in [6.07, 6.45) is 1.62. The van der Waals surface area contributed by atoms with E-state index >= 15 is 0 Å². The molecule has 0 bridgehead atoms. The third-order valence-corrected chi connectivity index (χ3v) is 2.86. The van der Waals surface area contributed by atoms with Gasteiger partial charge in [0.1, 0.15) is 0 Å². The summed E-state index contributed by atoms with van der Waals surface area (Å²) in [6.45, 7) is 3.98. The first-order valence-corrected chi connectivity index (χ1v) is 6.14. The number of amides is 1. The number of carbonyl (C=O) groups excluding carboxylic acids is 1. The summed E-state index contributed by atoms with van der Waals surface area (Å²) in [5, 5.41) is 4.84. The lowest BCUT2D eigenvalue weighted by Crippen LogP contribution is -2.19. The van der Waals surface area contributed by atoms with E-state index in [9.17, 15) is 4.79 Å². The number of halogens is 2. The van der Waals surface area contributed by atoms with Crippen molar-refractivity contribution >= 4 is 34.8 Å². The molecule has 0 fully saturated rings. The number of hydrogen-bond acceptors (Lipinski definition) is 2. The van der Waals surface area contributed by atoms with Crippen molar-refractivity contribution in [2.45, 2.75) is 26.7 Å². The standard InChI is InChI=1S/C12H14Cl2N2O/c1-3-9(4-2)15-16-12(17)10-6-5-8(13)7-11(10)14/h5-7H,3-4H2,1-2H3,(H,16,17). The summed E-state index contributed by atoms with van der Waals surface area (Å²) in [4.78, 5) is 11.8. The fraction of sp³-hybridized carbons (Fsp3) is 0.333. The number of benzene rings is 1. The van der Waals surface area contributed by atoms with E-state index in [1.165, 1.54) is 6.07 Å². The van der Waals surface area contributed by atoms with Gasteiger partial charge in [-0.2, -0.15) is 5.10 Å². The molecule has 0 spiro atoms. The Morgan fingerprint density at radius 2 is 1.94 bits per heavy atom. The molecule has 0 aliphatic carbocycles. The molecule has 0 saturated heterocycles. The Labute approximate surface area is 111 Å². The van der Waals surface area contributed by atoms with Crippen LogP contribution in [0.4, 0.5) is 0 Å². The Morgan fingerprint density at radius 3 is 2.47 bits per heavy atom. The van der Waals surface area contributed by atoms with E-state index in [-0.39, 0.29) is 5.91 Å². The van der Waals surface area contributed by atoms with E-state index in [0.717, 1.165) is 18.6 Å². The summed E-state index contributed by atoms with van der Waals surface area (Å²) < 4.78 is 0. The first kappa shape index (κ1) is 14.0. The number of nitrogens with zero attached hydrogens (tertiary/aromatic N) is 1. The lowest BCUT2D eigenvalue weighted by atomic mass is 10.2. The monoisotopic (exact) mass is 272 g/mol. The zero-order chi connectivity index (χ0) is 12.8. The van der Waals surface area contributed by atoms with Crippen molar-refractivity contribution in [2.75, 3.05) is 0 Å². The van der Waals surface area contributed by atoms with Gasteiger partial charge in [0.15, 0.2) is 0 Å². The van der Waals surface area contributed by atoms with Gasteiger partial charge >= 0.3 is 0 Å². The van der Waals surface area contributed by atoms with Gasteiger partial charge in [0.05, 0.1) is 10.6 Å². The molecule has 0 aliphatic rings. The van der Waals surface area contributed by atoms with E-state index in [4.69, 9.17) is 23.2 Å². The predicted octanol–water partition coefficient (Wildman–Crippen LogP) is 3.90. The highest BCUT2D eigenvalue weighted by Gasteiger charge is 2.09. The zero-order valence-electron chi connectivity index (χ0n) is 9.76. The average Bonchev–Trinajstić information content (AvgIpc) is 2.30. The lowest BCUT2D eigenvalue weighted by molar-refractivity contribution is 0.0955. The Bertz CT molecular complexity index is 438. The number of nitrogens with one attached hydrogen (secondary N) is 1. The Morgan fingerprint density at radius 1 is 1.29 bits per heavy atom. The van der Waals surface area contributed by atoms with Crippen LogP contribution in [-0.4, -0.2) is 11.6 Å². The molecule has 5 heteroatoms. The van der Waals surface area contributed by atoms with E-state index in [1.807, 2.05) is 13.8 Å². The van der Waals surface area contributed by atoms with Crippen LogP contribution in [0.15, 0.2) is 23.3 Å². The Balaban J connectivity index is 2.80. The largest absolute Gasteiger partial charge is 0.272 e. The molecule has 1 amide bonds. The topological polar surface area (TPSA) is 41.5 Å². The molecular formula is C12H14Cl2N2O.